The fourth-order valence-corrected chi connectivity index (χ4v) is 2.89. The van der Waals surface area contributed by atoms with Crippen LogP contribution < -0.4 is 0 Å². The Morgan fingerprint density at radius 2 is 2.10 bits per heavy atom. The molecule has 1 fully saturated rings. The van der Waals surface area contributed by atoms with Gasteiger partial charge in [0, 0.05) is 23.6 Å². The van der Waals surface area contributed by atoms with Crippen LogP contribution in [0.25, 0.3) is 0 Å². The minimum absolute atomic E-state index is 0.177. The monoisotopic (exact) mass is 293 g/mol. The minimum Gasteiger partial charge on any atom is -0.377 e. The van der Waals surface area contributed by atoms with Crippen LogP contribution >= 0.6 is 11.8 Å². The molecular formula is C16H23NO2S. The summed E-state index contributed by atoms with van der Waals surface area (Å²) in [5, 5.41) is 0. The third kappa shape index (κ3) is 4.62. The van der Waals surface area contributed by atoms with Gasteiger partial charge in [0.05, 0.1) is 12.6 Å². The molecule has 1 heterocycles. The molecule has 4 heteroatoms. The van der Waals surface area contributed by atoms with Crippen LogP contribution in [0.15, 0.2) is 29.2 Å². The third-order valence-corrected chi connectivity index (χ3v) is 4.36. The first kappa shape index (κ1) is 15.5. The third-order valence-electron chi connectivity index (χ3n) is 3.61. The Labute approximate surface area is 125 Å². The maximum Gasteiger partial charge on any atom is 0.176 e. The first-order chi connectivity index (χ1) is 9.69. The molecule has 1 unspecified atom stereocenters. The molecule has 20 heavy (non-hydrogen) atoms. The summed E-state index contributed by atoms with van der Waals surface area (Å²) in [5.74, 6) is 0.177. The van der Waals surface area contributed by atoms with Crippen LogP contribution in [0.3, 0.4) is 0 Å². The fourth-order valence-electron chi connectivity index (χ4n) is 2.48. The van der Waals surface area contributed by atoms with Crippen molar-refractivity contribution in [3.8, 4) is 0 Å². The van der Waals surface area contributed by atoms with E-state index in [4.69, 9.17) is 4.74 Å². The normalized spacial score (nSPS) is 19.2. The van der Waals surface area contributed by atoms with E-state index in [1.807, 2.05) is 37.6 Å². The van der Waals surface area contributed by atoms with E-state index in [9.17, 15) is 4.79 Å². The molecule has 0 aliphatic carbocycles. The summed E-state index contributed by atoms with van der Waals surface area (Å²) in [6.07, 6.45) is 5.85. The van der Waals surface area contributed by atoms with Gasteiger partial charge in [0.25, 0.3) is 0 Å². The number of hydrogen-bond acceptors (Lipinski definition) is 4. The summed E-state index contributed by atoms with van der Waals surface area (Å²) in [6, 6.07) is 7.84. The quantitative estimate of drug-likeness (QED) is 0.595. The van der Waals surface area contributed by atoms with Crippen molar-refractivity contribution < 1.29 is 9.53 Å². The lowest BCUT2D eigenvalue weighted by Gasteiger charge is -2.27. The van der Waals surface area contributed by atoms with Crippen molar-refractivity contribution in [2.75, 3.05) is 33.0 Å². The van der Waals surface area contributed by atoms with Crippen molar-refractivity contribution in [3.05, 3.63) is 29.8 Å². The SMILES string of the molecule is CSc1ccc(C(=O)CN(C)CC2CCCCO2)cc1. The van der Waals surface area contributed by atoms with Gasteiger partial charge in [-0.3, -0.25) is 9.69 Å². The topological polar surface area (TPSA) is 29.5 Å². The molecule has 1 aromatic carbocycles. The largest absolute Gasteiger partial charge is 0.377 e. The molecule has 0 radical (unpaired) electrons. The highest BCUT2D eigenvalue weighted by atomic mass is 32.2. The van der Waals surface area contributed by atoms with E-state index in [-0.39, 0.29) is 5.78 Å². The van der Waals surface area contributed by atoms with Crippen LogP contribution in [0.4, 0.5) is 0 Å². The molecule has 0 saturated carbocycles. The van der Waals surface area contributed by atoms with Gasteiger partial charge in [0.15, 0.2) is 5.78 Å². The lowest BCUT2D eigenvalue weighted by atomic mass is 10.1. The summed E-state index contributed by atoms with van der Waals surface area (Å²) in [4.78, 5) is 15.5. The number of ether oxygens (including phenoxy) is 1. The summed E-state index contributed by atoms with van der Waals surface area (Å²) >= 11 is 1.69. The molecule has 0 bridgehead atoms. The predicted octanol–water partition coefficient (Wildman–Crippen LogP) is 3.09. The van der Waals surface area contributed by atoms with E-state index in [1.54, 1.807) is 11.8 Å². The van der Waals surface area contributed by atoms with Crippen molar-refractivity contribution in [1.29, 1.82) is 0 Å². The number of Topliss-reactive ketones (excluding diaryl/α,β-unsaturated/α-hetero) is 1. The summed E-state index contributed by atoms with van der Waals surface area (Å²) in [5.41, 5.74) is 0.791. The highest BCUT2D eigenvalue weighted by molar-refractivity contribution is 7.98. The number of rotatable bonds is 6. The van der Waals surface area contributed by atoms with E-state index in [0.29, 0.717) is 12.6 Å². The zero-order valence-corrected chi connectivity index (χ0v) is 13.1. The molecular weight excluding hydrogens is 270 g/mol. The zero-order valence-electron chi connectivity index (χ0n) is 12.3. The molecule has 2 rings (SSSR count). The molecule has 1 aromatic rings. The molecule has 0 spiro atoms. The highest BCUT2D eigenvalue weighted by Crippen LogP contribution is 2.16. The van der Waals surface area contributed by atoms with Crippen LogP contribution in [0.1, 0.15) is 29.6 Å². The summed E-state index contributed by atoms with van der Waals surface area (Å²) in [6.45, 7) is 2.16. The van der Waals surface area contributed by atoms with Crippen molar-refractivity contribution in [2.24, 2.45) is 0 Å². The molecule has 3 nitrogen and oxygen atoms in total. The number of benzene rings is 1. The maximum absolute atomic E-state index is 12.2. The van der Waals surface area contributed by atoms with E-state index in [0.717, 1.165) is 25.1 Å². The second-order valence-electron chi connectivity index (χ2n) is 5.34. The van der Waals surface area contributed by atoms with Crippen molar-refractivity contribution >= 4 is 17.5 Å². The Balaban J connectivity index is 1.82. The van der Waals surface area contributed by atoms with Gasteiger partial charge in [-0.2, -0.15) is 0 Å². The van der Waals surface area contributed by atoms with Gasteiger partial charge in [-0.15, -0.1) is 11.8 Å². The lowest BCUT2D eigenvalue weighted by molar-refractivity contribution is -0.000669. The number of hydrogen-bond donors (Lipinski definition) is 0. The van der Waals surface area contributed by atoms with Crippen LogP contribution in [0.5, 0.6) is 0 Å². The number of ketones is 1. The predicted molar refractivity (Wildman–Crippen MR) is 83.6 cm³/mol. The molecule has 0 aromatic heterocycles. The van der Waals surface area contributed by atoms with Gasteiger partial charge >= 0.3 is 0 Å². The minimum atomic E-state index is 0.177. The number of nitrogens with zero attached hydrogens (tertiary/aromatic N) is 1. The second-order valence-corrected chi connectivity index (χ2v) is 6.22. The van der Waals surface area contributed by atoms with Crippen molar-refractivity contribution in [3.63, 3.8) is 0 Å². The number of likely N-dealkylation sites (N-methyl/N-ethyl adjacent to an activating group) is 1. The molecule has 0 amide bonds. The Bertz CT molecular complexity index is 427. The lowest BCUT2D eigenvalue weighted by Crippen LogP contribution is -2.36. The van der Waals surface area contributed by atoms with Gasteiger partial charge in [-0.25, -0.2) is 0 Å². The first-order valence-electron chi connectivity index (χ1n) is 7.16. The molecule has 1 aliphatic heterocycles. The number of carbonyl (C=O) groups excluding carboxylic acids is 1. The standard InChI is InChI=1S/C16H23NO2S/c1-17(11-14-5-3-4-10-19-14)12-16(18)13-6-8-15(20-2)9-7-13/h6-9,14H,3-5,10-12H2,1-2H3. The maximum atomic E-state index is 12.2. The van der Waals surface area contributed by atoms with Crippen LogP contribution in [-0.2, 0) is 4.74 Å². The van der Waals surface area contributed by atoms with Gasteiger partial charge in [0.2, 0.25) is 0 Å². The Morgan fingerprint density at radius 1 is 1.35 bits per heavy atom. The molecule has 110 valence electrons. The molecule has 1 aliphatic rings. The summed E-state index contributed by atoms with van der Waals surface area (Å²) < 4.78 is 5.71. The van der Waals surface area contributed by atoms with Crippen LogP contribution in [0.2, 0.25) is 0 Å². The van der Waals surface area contributed by atoms with Crippen molar-refractivity contribution in [1.82, 2.24) is 4.90 Å². The number of carbonyl (C=O) groups is 1. The zero-order chi connectivity index (χ0) is 14.4. The van der Waals surface area contributed by atoms with Crippen molar-refractivity contribution in [2.45, 2.75) is 30.3 Å². The average molecular weight is 293 g/mol. The molecule has 1 atom stereocenters. The van der Waals surface area contributed by atoms with E-state index in [2.05, 4.69) is 4.90 Å². The van der Waals surface area contributed by atoms with E-state index >= 15 is 0 Å². The van der Waals surface area contributed by atoms with Gasteiger partial charge < -0.3 is 4.74 Å². The second kappa shape index (κ2) is 7.81. The Morgan fingerprint density at radius 3 is 2.70 bits per heavy atom. The fraction of sp³-hybridized carbons (Fsp3) is 0.562. The van der Waals surface area contributed by atoms with E-state index < -0.39 is 0 Å². The summed E-state index contributed by atoms with van der Waals surface area (Å²) in [7, 11) is 1.99. The van der Waals surface area contributed by atoms with Gasteiger partial charge in [-0.1, -0.05) is 12.1 Å². The number of thioether (sulfide) groups is 1. The van der Waals surface area contributed by atoms with Crippen LogP contribution in [0, 0.1) is 0 Å². The Kier molecular flexibility index (Phi) is 6.07. The highest BCUT2D eigenvalue weighted by Gasteiger charge is 2.17. The Hall–Kier alpha value is -0.840. The average Bonchev–Trinajstić information content (AvgIpc) is 2.48. The van der Waals surface area contributed by atoms with Crippen LogP contribution in [-0.4, -0.2) is 49.8 Å². The smallest absolute Gasteiger partial charge is 0.176 e. The van der Waals surface area contributed by atoms with E-state index in [1.165, 1.54) is 17.7 Å². The molecule has 0 N–H and O–H groups in total. The first-order valence-corrected chi connectivity index (χ1v) is 8.39. The molecule has 1 saturated heterocycles. The van der Waals surface area contributed by atoms with Gasteiger partial charge in [-0.05, 0) is 44.7 Å². The van der Waals surface area contributed by atoms with Gasteiger partial charge in [0.1, 0.15) is 0 Å².